The fourth-order valence-corrected chi connectivity index (χ4v) is 3.08. The Morgan fingerprint density at radius 2 is 2.15 bits per heavy atom. The highest BCUT2D eigenvalue weighted by molar-refractivity contribution is 5.44. The Balaban J connectivity index is 2.44. The minimum absolute atomic E-state index is 0.0379. The van der Waals surface area contributed by atoms with Crippen LogP contribution < -0.4 is 4.74 Å². The van der Waals surface area contributed by atoms with Crippen molar-refractivity contribution < 1.29 is 4.74 Å². The number of benzene rings is 1. The molecule has 1 aromatic carbocycles. The third-order valence-corrected chi connectivity index (χ3v) is 4.65. The van der Waals surface area contributed by atoms with E-state index in [1.807, 2.05) is 0 Å². The summed E-state index contributed by atoms with van der Waals surface area (Å²) in [7, 11) is 0. The Labute approximate surface area is 124 Å². The fraction of sp³-hybridized carbons (Fsp3) is 0.579. The second kappa shape index (κ2) is 6.03. The van der Waals surface area contributed by atoms with Crippen LogP contribution in [0.3, 0.4) is 0 Å². The molecule has 0 N–H and O–H groups in total. The lowest BCUT2D eigenvalue weighted by Gasteiger charge is -2.28. The van der Waals surface area contributed by atoms with E-state index in [2.05, 4.69) is 52.5 Å². The first-order chi connectivity index (χ1) is 9.49. The zero-order valence-corrected chi connectivity index (χ0v) is 13.5. The van der Waals surface area contributed by atoms with Gasteiger partial charge in [0.05, 0.1) is 0 Å². The van der Waals surface area contributed by atoms with E-state index in [4.69, 9.17) is 4.74 Å². The van der Waals surface area contributed by atoms with Crippen molar-refractivity contribution in [2.24, 2.45) is 0 Å². The molecule has 1 aliphatic rings. The van der Waals surface area contributed by atoms with E-state index in [0.717, 1.165) is 31.4 Å². The maximum absolute atomic E-state index is 6.42. The topological polar surface area (TPSA) is 9.23 Å². The van der Waals surface area contributed by atoms with Crippen molar-refractivity contribution in [1.82, 2.24) is 0 Å². The molecule has 1 aliphatic heterocycles. The van der Waals surface area contributed by atoms with Gasteiger partial charge in [-0.05, 0) is 51.2 Å². The van der Waals surface area contributed by atoms with Gasteiger partial charge in [-0.15, -0.1) is 0 Å². The van der Waals surface area contributed by atoms with Crippen molar-refractivity contribution in [2.75, 3.05) is 0 Å². The molecule has 0 spiro atoms. The highest BCUT2D eigenvalue weighted by Crippen LogP contribution is 2.42. The molecule has 20 heavy (non-hydrogen) atoms. The lowest BCUT2D eigenvalue weighted by Crippen LogP contribution is -2.30. The normalized spacial score (nSPS) is 25.5. The van der Waals surface area contributed by atoms with E-state index >= 15 is 0 Å². The first kappa shape index (κ1) is 15.2. The van der Waals surface area contributed by atoms with Crippen LogP contribution in [0, 0.1) is 0 Å². The number of aryl methyl sites for hydroxylation is 1. The summed E-state index contributed by atoms with van der Waals surface area (Å²) in [5.74, 6) is 1.53. The van der Waals surface area contributed by atoms with Gasteiger partial charge in [-0.25, -0.2) is 0 Å². The quantitative estimate of drug-likeness (QED) is 0.644. The molecule has 1 nitrogen and oxygen atoms in total. The largest absolute Gasteiger partial charge is 0.487 e. The SMILES string of the molecule is C=C(C)C1CC[C@](C)(CC)Oc2cc(CCC)ccc21. The van der Waals surface area contributed by atoms with Crippen LogP contribution in [0.15, 0.2) is 30.4 Å². The Bertz CT molecular complexity index is 489. The van der Waals surface area contributed by atoms with Crippen LogP contribution in [0.2, 0.25) is 0 Å². The number of rotatable bonds is 4. The van der Waals surface area contributed by atoms with Crippen LogP contribution in [0.25, 0.3) is 0 Å². The van der Waals surface area contributed by atoms with Crippen molar-refractivity contribution >= 4 is 0 Å². The van der Waals surface area contributed by atoms with Crippen LogP contribution in [0.4, 0.5) is 0 Å². The van der Waals surface area contributed by atoms with Gasteiger partial charge in [0.15, 0.2) is 0 Å². The molecule has 0 amide bonds. The first-order valence-corrected chi connectivity index (χ1v) is 7.96. The average molecular weight is 272 g/mol. The monoisotopic (exact) mass is 272 g/mol. The predicted octanol–water partition coefficient (Wildman–Crippen LogP) is 5.64. The standard InChI is InChI=1S/C19H28O/c1-6-8-15-9-10-17-16(14(3)4)11-12-19(5,7-2)20-18(17)13-15/h9-10,13,16H,3,6-8,11-12H2,1-2,4-5H3/t16?,19-/m0/s1. The molecule has 110 valence electrons. The van der Waals surface area contributed by atoms with Gasteiger partial charge in [0.25, 0.3) is 0 Å². The van der Waals surface area contributed by atoms with Crippen molar-refractivity contribution in [3.63, 3.8) is 0 Å². The highest BCUT2D eigenvalue weighted by atomic mass is 16.5. The summed E-state index contributed by atoms with van der Waals surface area (Å²) in [4.78, 5) is 0. The zero-order valence-electron chi connectivity index (χ0n) is 13.5. The van der Waals surface area contributed by atoms with Gasteiger partial charge in [0.1, 0.15) is 11.4 Å². The summed E-state index contributed by atoms with van der Waals surface area (Å²) in [6.45, 7) is 13.0. The van der Waals surface area contributed by atoms with E-state index in [-0.39, 0.29) is 5.60 Å². The minimum atomic E-state index is -0.0379. The molecule has 1 heteroatoms. The van der Waals surface area contributed by atoms with Crippen LogP contribution in [-0.2, 0) is 6.42 Å². The van der Waals surface area contributed by atoms with Crippen LogP contribution >= 0.6 is 0 Å². The lowest BCUT2D eigenvalue weighted by atomic mass is 9.85. The molecular weight excluding hydrogens is 244 g/mol. The van der Waals surface area contributed by atoms with Crippen LogP contribution in [0.5, 0.6) is 5.75 Å². The summed E-state index contributed by atoms with van der Waals surface area (Å²) in [6.07, 6.45) is 5.58. The van der Waals surface area contributed by atoms with E-state index in [1.165, 1.54) is 23.1 Å². The van der Waals surface area contributed by atoms with Gasteiger partial charge in [0, 0.05) is 11.5 Å². The predicted molar refractivity (Wildman–Crippen MR) is 86.6 cm³/mol. The molecule has 0 aromatic heterocycles. The molecule has 0 aliphatic carbocycles. The molecule has 0 saturated heterocycles. The Hall–Kier alpha value is -1.24. The summed E-state index contributed by atoms with van der Waals surface area (Å²) < 4.78 is 6.42. The maximum Gasteiger partial charge on any atom is 0.124 e. The third-order valence-electron chi connectivity index (χ3n) is 4.65. The number of hydrogen-bond acceptors (Lipinski definition) is 1. The van der Waals surface area contributed by atoms with Gasteiger partial charge in [-0.1, -0.05) is 44.6 Å². The van der Waals surface area contributed by atoms with E-state index in [1.54, 1.807) is 0 Å². The molecule has 0 saturated carbocycles. The van der Waals surface area contributed by atoms with Crippen LogP contribution in [-0.4, -0.2) is 5.60 Å². The first-order valence-electron chi connectivity index (χ1n) is 7.96. The van der Waals surface area contributed by atoms with Gasteiger partial charge in [-0.2, -0.15) is 0 Å². The Morgan fingerprint density at radius 1 is 1.40 bits per heavy atom. The number of fused-ring (bicyclic) bond motifs is 1. The molecule has 1 heterocycles. The second-order valence-electron chi connectivity index (χ2n) is 6.47. The second-order valence-corrected chi connectivity index (χ2v) is 6.47. The van der Waals surface area contributed by atoms with E-state index in [0.29, 0.717) is 5.92 Å². The van der Waals surface area contributed by atoms with Crippen molar-refractivity contribution in [3.05, 3.63) is 41.5 Å². The molecule has 0 bridgehead atoms. The van der Waals surface area contributed by atoms with Crippen molar-refractivity contribution in [3.8, 4) is 5.75 Å². The Kier molecular flexibility index (Phi) is 4.57. The Morgan fingerprint density at radius 3 is 2.75 bits per heavy atom. The summed E-state index contributed by atoms with van der Waals surface area (Å²) in [5, 5.41) is 0. The molecule has 1 unspecified atom stereocenters. The van der Waals surface area contributed by atoms with Gasteiger partial charge >= 0.3 is 0 Å². The molecule has 2 atom stereocenters. The zero-order chi connectivity index (χ0) is 14.8. The molecule has 0 fully saturated rings. The van der Waals surface area contributed by atoms with Crippen molar-refractivity contribution in [2.45, 2.75) is 71.3 Å². The molecule has 2 rings (SSSR count). The summed E-state index contributed by atoms with van der Waals surface area (Å²) in [6, 6.07) is 6.78. The van der Waals surface area contributed by atoms with Gasteiger partial charge < -0.3 is 4.74 Å². The summed E-state index contributed by atoms with van der Waals surface area (Å²) >= 11 is 0. The van der Waals surface area contributed by atoms with Gasteiger partial charge in [-0.3, -0.25) is 0 Å². The number of hydrogen-bond donors (Lipinski definition) is 0. The number of allylic oxidation sites excluding steroid dienone is 1. The van der Waals surface area contributed by atoms with Gasteiger partial charge in [0.2, 0.25) is 0 Å². The average Bonchev–Trinajstić information content (AvgIpc) is 2.55. The summed E-state index contributed by atoms with van der Waals surface area (Å²) in [5.41, 5.74) is 3.92. The molecule has 0 radical (unpaired) electrons. The van der Waals surface area contributed by atoms with E-state index < -0.39 is 0 Å². The molecule has 1 aromatic rings. The lowest BCUT2D eigenvalue weighted by molar-refractivity contribution is 0.0780. The minimum Gasteiger partial charge on any atom is -0.487 e. The smallest absolute Gasteiger partial charge is 0.124 e. The molecular formula is C19H28O. The van der Waals surface area contributed by atoms with Crippen LogP contribution in [0.1, 0.15) is 70.4 Å². The maximum atomic E-state index is 6.42. The highest BCUT2D eigenvalue weighted by Gasteiger charge is 2.32. The van der Waals surface area contributed by atoms with Crippen molar-refractivity contribution in [1.29, 1.82) is 0 Å². The van der Waals surface area contributed by atoms with E-state index in [9.17, 15) is 0 Å². The third kappa shape index (κ3) is 3.08. The number of ether oxygens (including phenoxy) is 1. The fourth-order valence-electron chi connectivity index (χ4n) is 3.08.